The molecular formula is C19H30P2. The molecule has 0 aliphatic heterocycles. The summed E-state index contributed by atoms with van der Waals surface area (Å²) in [4.78, 5) is 0. The molecule has 0 radical (unpaired) electrons. The van der Waals surface area contributed by atoms with Crippen molar-refractivity contribution in [3.8, 4) is 0 Å². The van der Waals surface area contributed by atoms with Crippen LogP contribution < -0.4 is 0 Å². The molecule has 0 nitrogen and oxygen atoms in total. The van der Waals surface area contributed by atoms with E-state index in [4.69, 9.17) is 0 Å². The van der Waals surface area contributed by atoms with Crippen molar-refractivity contribution < 1.29 is 0 Å². The van der Waals surface area contributed by atoms with E-state index in [2.05, 4.69) is 37.6 Å². The van der Waals surface area contributed by atoms with Crippen LogP contribution in [0.1, 0.15) is 38.5 Å². The van der Waals surface area contributed by atoms with E-state index < -0.39 is 0 Å². The van der Waals surface area contributed by atoms with E-state index in [0.29, 0.717) is 0 Å². The van der Waals surface area contributed by atoms with E-state index >= 15 is 0 Å². The van der Waals surface area contributed by atoms with Crippen LogP contribution in [0.3, 0.4) is 0 Å². The molecule has 21 heavy (non-hydrogen) atoms. The lowest BCUT2D eigenvalue weighted by Gasteiger charge is -2.59. The predicted octanol–water partition coefficient (Wildman–Crippen LogP) is 5.67. The summed E-state index contributed by atoms with van der Waals surface area (Å²) in [5.41, 5.74) is 0.791. The minimum Gasteiger partial charge on any atom is -0.103 e. The molecule has 0 aromatic rings. The second kappa shape index (κ2) is 5.76. The molecule has 2 unspecified atom stereocenters. The van der Waals surface area contributed by atoms with Gasteiger partial charge in [0.1, 0.15) is 0 Å². The Bertz CT molecular complexity index is 403. The molecule has 4 bridgehead atoms. The summed E-state index contributed by atoms with van der Waals surface area (Å²) in [6.07, 6.45) is 22.1. The molecular weight excluding hydrogens is 290 g/mol. The monoisotopic (exact) mass is 320 g/mol. The molecule has 0 aromatic heterocycles. The Kier molecular flexibility index (Phi) is 4.09. The Morgan fingerprint density at radius 2 is 1.38 bits per heavy atom. The molecule has 4 saturated carbocycles. The van der Waals surface area contributed by atoms with Gasteiger partial charge >= 0.3 is 0 Å². The zero-order valence-electron chi connectivity index (χ0n) is 13.7. The highest BCUT2D eigenvalue weighted by molar-refractivity contribution is 7.62. The average Bonchev–Trinajstić information content (AvgIpc) is 2.97. The average molecular weight is 320 g/mol. The molecule has 116 valence electrons. The van der Waals surface area contributed by atoms with Crippen LogP contribution in [-0.2, 0) is 0 Å². The topological polar surface area (TPSA) is 0 Å². The van der Waals surface area contributed by atoms with Crippen molar-refractivity contribution in [2.24, 2.45) is 17.8 Å². The fourth-order valence-corrected chi connectivity index (χ4v) is 11.7. The fourth-order valence-electron chi connectivity index (χ4n) is 5.94. The van der Waals surface area contributed by atoms with Gasteiger partial charge in [0.25, 0.3) is 0 Å². The third-order valence-electron chi connectivity index (χ3n) is 6.84. The van der Waals surface area contributed by atoms with Crippen molar-refractivity contribution >= 4 is 15.8 Å². The van der Waals surface area contributed by atoms with Gasteiger partial charge < -0.3 is 0 Å². The van der Waals surface area contributed by atoms with Crippen LogP contribution in [0, 0.1) is 17.8 Å². The van der Waals surface area contributed by atoms with Gasteiger partial charge in [0.05, 0.1) is 0 Å². The highest BCUT2D eigenvalue weighted by Crippen LogP contribution is 2.67. The molecule has 5 rings (SSSR count). The molecule has 0 saturated heterocycles. The molecule has 2 heteroatoms. The van der Waals surface area contributed by atoms with Gasteiger partial charge in [0.15, 0.2) is 0 Å². The van der Waals surface area contributed by atoms with Gasteiger partial charge in [0.2, 0.25) is 0 Å². The summed E-state index contributed by atoms with van der Waals surface area (Å²) in [5.74, 6) is 3.39. The van der Waals surface area contributed by atoms with E-state index in [1.807, 2.05) is 0 Å². The maximum absolute atomic E-state index is 2.67. The van der Waals surface area contributed by atoms with Crippen molar-refractivity contribution in [3.63, 3.8) is 0 Å². The van der Waals surface area contributed by atoms with E-state index in [1.165, 1.54) is 6.16 Å². The first kappa shape index (κ1) is 14.9. The van der Waals surface area contributed by atoms with Gasteiger partial charge in [-0.1, -0.05) is 32.2 Å². The van der Waals surface area contributed by atoms with E-state index in [-0.39, 0.29) is 15.8 Å². The van der Waals surface area contributed by atoms with E-state index in [9.17, 15) is 0 Å². The van der Waals surface area contributed by atoms with Crippen molar-refractivity contribution in [2.45, 2.75) is 49.3 Å². The minimum atomic E-state index is 0.187. The quantitative estimate of drug-likeness (QED) is 0.572. The maximum atomic E-state index is 2.67. The fraction of sp³-hybridized carbons (Fsp3) is 0.789. The van der Waals surface area contributed by atoms with Crippen LogP contribution in [0.4, 0.5) is 0 Å². The lowest BCUT2D eigenvalue weighted by atomic mass is 9.56. The zero-order valence-corrected chi connectivity index (χ0v) is 15.5. The SMILES string of the molecule is CP(CCP(C)C12CC3CC(CC(C3)C1)C2)C1C=CC=C1. The summed E-state index contributed by atoms with van der Waals surface area (Å²) < 4.78 is 0. The van der Waals surface area contributed by atoms with E-state index in [0.717, 1.165) is 28.6 Å². The Labute approximate surface area is 133 Å². The molecule has 0 heterocycles. The maximum Gasteiger partial charge on any atom is 0.0154 e. The van der Waals surface area contributed by atoms with E-state index in [1.54, 1.807) is 44.7 Å². The minimum absolute atomic E-state index is 0.187. The van der Waals surface area contributed by atoms with Gasteiger partial charge in [-0.2, -0.15) is 0 Å². The zero-order chi connectivity index (χ0) is 14.4. The lowest BCUT2D eigenvalue weighted by molar-refractivity contribution is 0.0357. The molecule has 5 aliphatic carbocycles. The van der Waals surface area contributed by atoms with Gasteiger partial charge in [0, 0.05) is 5.66 Å². The van der Waals surface area contributed by atoms with Gasteiger partial charge in [-0.25, -0.2) is 0 Å². The summed E-state index contributed by atoms with van der Waals surface area (Å²) in [7, 11) is 0.454. The number of allylic oxidation sites excluding steroid dienone is 4. The van der Waals surface area contributed by atoms with Crippen LogP contribution in [0.15, 0.2) is 24.3 Å². The van der Waals surface area contributed by atoms with Crippen LogP contribution >= 0.6 is 15.8 Å². The summed E-state index contributed by atoms with van der Waals surface area (Å²) in [6.45, 7) is 5.20. The third kappa shape index (κ3) is 2.81. The standard InChI is InChI=1S/C19H30P2/c1-20(18-5-3-4-6-18)7-8-21(2)19-12-15-9-16(13-19)11-17(10-15)14-19/h3-6,15-18H,7-14H2,1-2H3. The second-order valence-electron chi connectivity index (χ2n) is 8.30. The van der Waals surface area contributed by atoms with Crippen molar-refractivity contribution in [2.75, 3.05) is 25.7 Å². The Morgan fingerprint density at radius 3 is 1.90 bits per heavy atom. The molecule has 0 amide bonds. The Balaban J connectivity index is 1.37. The van der Waals surface area contributed by atoms with Crippen LogP contribution in [0.2, 0.25) is 0 Å². The van der Waals surface area contributed by atoms with Crippen LogP contribution in [0.5, 0.6) is 0 Å². The molecule has 0 spiro atoms. The summed E-state index contributed by atoms with van der Waals surface area (Å²) >= 11 is 0. The lowest BCUT2D eigenvalue weighted by Crippen LogP contribution is -2.49. The van der Waals surface area contributed by atoms with Crippen molar-refractivity contribution in [3.05, 3.63) is 24.3 Å². The molecule has 0 N–H and O–H groups in total. The highest BCUT2D eigenvalue weighted by Gasteiger charge is 2.52. The first-order valence-electron chi connectivity index (χ1n) is 8.91. The van der Waals surface area contributed by atoms with Crippen LogP contribution in [0.25, 0.3) is 0 Å². The van der Waals surface area contributed by atoms with Gasteiger partial charge in [-0.05, 0) is 87.1 Å². The third-order valence-corrected chi connectivity index (χ3v) is 12.5. The van der Waals surface area contributed by atoms with Gasteiger partial charge in [-0.3, -0.25) is 0 Å². The molecule has 5 aliphatic rings. The smallest absolute Gasteiger partial charge is 0.0154 e. The predicted molar refractivity (Wildman–Crippen MR) is 98.4 cm³/mol. The Morgan fingerprint density at radius 1 is 0.857 bits per heavy atom. The normalized spacial score (nSPS) is 43.6. The van der Waals surface area contributed by atoms with Gasteiger partial charge in [-0.15, -0.1) is 7.92 Å². The summed E-state index contributed by atoms with van der Waals surface area (Å²) in [5, 5.41) is 0.835. The first-order valence-corrected chi connectivity index (χ1v) is 12.9. The number of hydrogen-bond donors (Lipinski definition) is 0. The molecule has 4 fully saturated rings. The summed E-state index contributed by atoms with van der Waals surface area (Å²) in [6, 6.07) is 0. The van der Waals surface area contributed by atoms with Crippen molar-refractivity contribution in [1.82, 2.24) is 0 Å². The molecule has 0 aromatic carbocycles. The molecule has 2 atom stereocenters. The highest BCUT2D eigenvalue weighted by atomic mass is 31.1. The number of hydrogen-bond acceptors (Lipinski definition) is 0. The number of rotatable bonds is 5. The van der Waals surface area contributed by atoms with Crippen molar-refractivity contribution in [1.29, 1.82) is 0 Å². The Hall–Kier alpha value is 0.340. The largest absolute Gasteiger partial charge is 0.103 e. The van der Waals surface area contributed by atoms with Crippen LogP contribution in [-0.4, -0.2) is 36.5 Å². The first-order chi connectivity index (χ1) is 10.1. The second-order valence-corrected chi connectivity index (χ2v) is 13.7.